The lowest BCUT2D eigenvalue weighted by atomic mass is 10.0. The van der Waals surface area contributed by atoms with Crippen LogP contribution in [0, 0.1) is 10.1 Å². The average Bonchev–Trinajstić information content (AvgIpc) is 2.84. The second-order valence-electron chi connectivity index (χ2n) is 8.11. The number of ether oxygens (including phenoxy) is 2. The van der Waals surface area contributed by atoms with Gasteiger partial charge in [0.25, 0.3) is 0 Å². The lowest BCUT2D eigenvalue weighted by Gasteiger charge is -2.36. The molecule has 0 N–H and O–H groups in total. The molecule has 0 atom stereocenters. The largest absolute Gasteiger partial charge is 0.497 e. The Morgan fingerprint density at radius 1 is 0.909 bits per heavy atom. The molecule has 1 aromatic heterocycles. The van der Waals surface area contributed by atoms with Gasteiger partial charge < -0.3 is 19.3 Å². The fraction of sp³-hybridized carbons (Fsp3) is 0.333. The van der Waals surface area contributed by atoms with Gasteiger partial charge in [0.05, 0.1) is 12.0 Å². The Bertz CT molecular complexity index is 1090. The number of nitrogens with zero attached hydrogens (tertiary/aromatic N) is 5. The molecule has 1 saturated heterocycles. The maximum Gasteiger partial charge on any atom is 0.373 e. The lowest BCUT2D eigenvalue weighted by Crippen LogP contribution is -2.47. The van der Waals surface area contributed by atoms with Crippen LogP contribution in [-0.4, -0.2) is 48.2 Å². The fourth-order valence-electron chi connectivity index (χ4n) is 3.82. The Morgan fingerprint density at radius 2 is 1.52 bits per heavy atom. The van der Waals surface area contributed by atoms with Crippen molar-refractivity contribution in [2.45, 2.75) is 19.8 Å². The van der Waals surface area contributed by atoms with Crippen LogP contribution < -0.4 is 19.3 Å². The van der Waals surface area contributed by atoms with Crippen LogP contribution in [0.1, 0.15) is 25.3 Å². The molecule has 33 heavy (non-hydrogen) atoms. The van der Waals surface area contributed by atoms with E-state index in [-0.39, 0.29) is 17.4 Å². The van der Waals surface area contributed by atoms with Gasteiger partial charge in [0.15, 0.2) is 0 Å². The summed E-state index contributed by atoms with van der Waals surface area (Å²) >= 11 is 0. The van der Waals surface area contributed by atoms with E-state index in [0.717, 1.165) is 17.0 Å². The molecule has 1 aliphatic rings. The molecule has 9 heteroatoms. The van der Waals surface area contributed by atoms with Crippen LogP contribution in [0.4, 0.5) is 17.2 Å². The van der Waals surface area contributed by atoms with E-state index < -0.39 is 4.92 Å². The van der Waals surface area contributed by atoms with Crippen LogP contribution in [-0.2, 0) is 0 Å². The summed E-state index contributed by atoms with van der Waals surface area (Å²) < 4.78 is 11.0. The molecule has 1 aliphatic heterocycles. The Hall–Kier alpha value is -3.88. The summed E-state index contributed by atoms with van der Waals surface area (Å²) in [7, 11) is 1.64. The second kappa shape index (κ2) is 9.72. The van der Waals surface area contributed by atoms with Crippen molar-refractivity contribution in [1.29, 1.82) is 0 Å². The number of aromatic nitrogens is 2. The Kier molecular flexibility index (Phi) is 6.58. The van der Waals surface area contributed by atoms with E-state index in [4.69, 9.17) is 9.47 Å². The van der Waals surface area contributed by atoms with E-state index in [2.05, 4.69) is 28.7 Å². The van der Waals surface area contributed by atoms with Gasteiger partial charge in [-0.25, -0.2) is 4.98 Å². The van der Waals surface area contributed by atoms with Crippen molar-refractivity contribution >= 4 is 17.2 Å². The van der Waals surface area contributed by atoms with Crippen LogP contribution in [0.2, 0.25) is 0 Å². The summed E-state index contributed by atoms with van der Waals surface area (Å²) in [5.74, 6) is 1.91. The summed E-state index contributed by atoms with van der Waals surface area (Å²) in [6.07, 6.45) is 1.32. The zero-order valence-electron chi connectivity index (χ0n) is 19.0. The zero-order chi connectivity index (χ0) is 23.4. The van der Waals surface area contributed by atoms with E-state index in [0.29, 0.717) is 37.8 Å². The molecule has 0 unspecified atom stereocenters. The molecule has 1 fully saturated rings. The maximum atomic E-state index is 12.0. The van der Waals surface area contributed by atoms with Crippen molar-refractivity contribution in [2.75, 3.05) is 43.1 Å². The number of nitro groups is 1. The number of rotatable bonds is 7. The first-order valence-electron chi connectivity index (χ1n) is 10.9. The first-order chi connectivity index (χ1) is 16.0. The highest BCUT2D eigenvalue weighted by Gasteiger charge is 2.30. The van der Waals surface area contributed by atoms with Crippen molar-refractivity contribution in [3.05, 3.63) is 70.5 Å². The lowest BCUT2D eigenvalue weighted by molar-refractivity contribution is -0.385. The van der Waals surface area contributed by atoms with Gasteiger partial charge in [0.2, 0.25) is 5.82 Å². The minimum Gasteiger partial charge on any atom is -0.497 e. The summed E-state index contributed by atoms with van der Waals surface area (Å²) in [5.41, 5.74) is 2.03. The fourth-order valence-corrected chi connectivity index (χ4v) is 3.82. The third kappa shape index (κ3) is 4.97. The molecule has 3 aromatic rings. The molecule has 2 aromatic carbocycles. The molecule has 0 radical (unpaired) electrons. The SMILES string of the molecule is COc1ccc(N2CCN(c3ncnc(Oc4ccc(C(C)C)cc4)c3[N+](=O)[O-])CC2)cc1. The van der Waals surface area contributed by atoms with Crippen molar-refractivity contribution in [3.8, 4) is 17.4 Å². The van der Waals surface area contributed by atoms with Gasteiger partial charge in [-0.15, -0.1) is 0 Å². The number of hydrogen-bond acceptors (Lipinski definition) is 8. The highest BCUT2D eigenvalue weighted by molar-refractivity contribution is 5.64. The highest BCUT2D eigenvalue weighted by Crippen LogP contribution is 2.37. The molecule has 0 bridgehead atoms. The summed E-state index contributed by atoms with van der Waals surface area (Å²) in [6, 6.07) is 15.4. The topological polar surface area (TPSA) is 93.9 Å². The van der Waals surface area contributed by atoms with Crippen molar-refractivity contribution < 1.29 is 14.4 Å². The van der Waals surface area contributed by atoms with Crippen LogP contribution in [0.3, 0.4) is 0 Å². The first-order valence-corrected chi connectivity index (χ1v) is 10.9. The number of methoxy groups -OCH3 is 1. The number of anilines is 2. The number of hydrogen-bond donors (Lipinski definition) is 0. The molecule has 0 aliphatic carbocycles. The van der Waals surface area contributed by atoms with Crippen LogP contribution in [0.25, 0.3) is 0 Å². The van der Waals surface area contributed by atoms with Gasteiger partial charge in [-0.2, -0.15) is 4.98 Å². The Balaban J connectivity index is 1.51. The maximum absolute atomic E-state index is 12.0. The minimum absolute atomic E-state index is 0.0557. The van der Waals surface area contributed by atoms with E-state index in [1.165, 1.54) is 6.33 Å². The summed E-state index contributed by atoms with van der Waals surface area (Å²) in [4.78, 5) is 23.9. The molecule has 2 heterocycles. The van der Waals surface area contributed by atoms with Crippen molar-refractivity contribution in [3.63, 3.8) is 0 Å². The smallest absolute Gasteiger partial charge is 0.373 e. The molecule has 0 amide bonds. The van der Waals surface area contributed by atoms with E-state index in [1.54, 1.807) is 19.2 Å². The number of piperazine rings is 1. The predicted molar refractivity (Wildman–Crippen MR) is 127 cm³/mol. The summed E-state index contributed by atoms with van der Waals surface area (Å²) in [6.45, 7) is 6.80. The molecule has 9 nitrogen and oxygen atoms in total. The Labute approximate surface area is 192 Å². The van der Waals surface area contributed by atoms with E-state index >= 15 is 0 Å². The second-order valence-corrected chi connectivity index (χ2v) is 8.11. The molecule has 4 rings (SSSR count). The predicted octanol–water partition coefficient (Wildman–Crippen LogP) is 4.64. The minimum atomic E-state index is -0.469. The van der Waals surface area contributed by atoms with Gasteiger partial charge in [0, 0.05) is 31.9 Å². The average molecular weight is 450 g/mol. The highest BCUT2D eigenvalue weighted by atomic mass is 16.6. The molecular weight excluding hydrogens is 422 g/mol. The van der Waals surface area contributed by atoms with Crippen LogP contribution in [0.15, 0.2) is 54.9 Å². The van der Waals surface area contributed by atoms with E-state index in [9.17, 15) is 10.1 Å². The van der Waals surface area contributed by atoms with Crippen molar-refractivity contribution in [1.82, 2.24) is 9.97 Å². The first kappa shape index (κ1) is 22.3. The third-order valence-electron chi connectivity index (χ3n) is 5.73. The Morgan fingerprint density at radius 3 is 2.09 bits per heavy atom. The van der Waals surface area contributed by atoms with Gasteiger partial charge in [-0.1, -0.05) is 26.0 Å². The van der Waals surface area contributed by atoms with Crippen LogP contribution >= 0.6 is 0 Å². The van der Waals surface area contributed by atoms with Gasteiger partial charge in [-0.3, -0.25) is 10.1 Å². The third-order valence-corrected chi connectivity index (χ3v) is 5.73. The van der Waals surface area contributed by atoms with Crippen LogP contribution in [0.5, 0.6) is 17.4 Å². The van der Waals surface area contributed by atoms with E-state index in [1.807, 2.05) is 41.3 Å². The zero-order valence-corrected chi connectivity index (χ0v) is 19.0. The molecule has 0 spiro atoms. The quantitative estimate of drug-likeness (QED) is 0.380. The molecule has 172 valence electrons. The van der Waals surface area contributed by atoms with Gasteiger partial charge in [0.1, 0.15) is 17.8 Å². The summed E-state index contributed by atoms with van der Waals surface area (Å²) in [5, 5.41) is 12.0. The monoisotopic (exact) mass is 449 g/mol. The van der Waals surface area contributed by atoms with Crippen molar-refractivity contribution in [2.24, 2.45) is 0 Å². The van der Waals surface area contributed by atoms with Gasteiger partial charge >= 0.3 is 11.6 Å². The number of benzene rings is 2. The normalized spacial score (nSPS) is 13.8. The van der Waals surface area contributed by atoms with Gasteiger partial charge in [-0.05, 0) is 47.9 Å². The molecular formula is C24H27N5O4. The standard InChI is InChI=1S/C24H27N5O4/c1-17(2)18-4-8-21(9-5-18)33-24-22(29(30)31)23(25-16-26-24)28-14-12-27(13-15-28)19-6-10-20(32-3)11-7-19/h4-11,16-17H,12-15H2,1-3H3. The molecule has 0 saturated carbocycles.